The second-order valence-corrected chi connectivity index (χ2v) is 7.21. The molecule has 0 saturated heterocycles. The van der Waals surface area contributed by atoms with Gasteiger partial charge in [-0.15, -0.1) is 24.8 Å². The van der Waals surface area contributed by atoms with Gasteiger partial charge in [-0.2, -0.15) is 0 Å². The molecule has 1 aromatic heterocycles. The number of hydrogen-bond donors (Lipinski definition) is 2. The van der Waals surface area contributed by atoms with Crippen LogP contribution in [0.5, 0.6) is 11.6 Å². The molecular weight excluding hydrogens is 441 g/mol. The summed E-state index contributed by atoms with van der Waals surface area (Å²) < 4.78 is 6.63. The fraction of sp³-hybridized carbons (Fsp3) is 0.333. The zero-order chi connectivity index (χ0) is 17.2. The maximum atomic E-state index is 12.4. The standard InChI is InChI=1S/C18H20BrN3O2.2ClH/c1-18(11-20,13-3-4-13)22-17(23)12-2-9-16(21-10-12)24-15-7-5-14(19)6-8-15;;/h2,5-10,13H,3-4,11,20H2,1H3,(H,22,23);2*1H. The van der Waals surface area contributed by atoms with E-state index < -0.39 is 0 Å². The van der Waals surface area contributed by atoms with E-state index in [0.29, 0.717) is 29.7 Å². The maximum absolute atomic E-state index is 12.4. The Morgan fingerprint density at radius 1 is 1.27 bits per heavy atom. The number of nitrogens with one attached hydrogen (secondary N) is 1. The quantitative estimate of drug-likeness (QED) is 0.669. The van der Waals surface area contributed by atoms with E-state index in [1.807, 2.05) is 31.2 Å². The topological polar surface area (TPSA) is 77.2 Å². The van der Waals surface area contributed by atoms with Gasteiger partial charge >= 0.3 is 0 Å². The summed E-state index contributed by atoms with van der Waals surface area (Å²) >= 11 is 3.38. The average Bonchev–Trinajstić information content (AvgIpc) is 3.43. The van der Waals surface area contributed by atoms with Crippen LogP contribution in [0.1, 0.15) is 30.1 Å². The van der Waals surface area contributed by atoms with Gasteiger partial charge in [-0.05, 0) is 56.0 Å². The number of benzene rings is 1. The second kappa shape index (κ2) is 9.55. The average molecular weight is 463 g/mol. The highest BCUT2D eigenvalue weighted by molar-refractivity contribution is 9.10. The summed E-state index contributed by atoms with van der Waals surface area (Å²) in [6, 6.07) is 10.9. The van der Waals surface area contributed by atoms with E-state index in [-0.39, 0.29) is 36.3 Å². The predicted octanol–water partition coefficient (Wildman–Crippen LogP) is 4.34. The van der Waals surface area contributed by atoms with E-state index in [1.165, 1.54) is 6.20 Å². The van der Waals surface area contributed by atoms with Crippen molar-refractivity contribution in [3.8, 4) is 11.6 Å². The molecule has 3 rings (SSSR count). The number of amides is 1. The number of carbonyl (C=O) groups excluding carboxylic acids is 1. The summed E-state index contributed by atoms with van der Waals surface area (Å²) in [5, 5.41) is 3.05. The van der Waals surface area contributed by atoms with Crippen LogP contribution < -0.4 is 15.8 Å². The van der Waals surface area contributed by atoms with Gasteiger partial charge in [-0.25, -0.2) is 4.98 Å². The van der Waals surface area contributed by atoms with Gasteiger partial charge < -0.3 is 15.8 Å². The summed E-state index contributed by atoms with van der Waals surface area (Å²) in [7, 11) is 0. The minimum atomic E-state index is -0.344. The number of ether oxygens (including phenoxy) is 1. The van der Waals surface area contributed by atoms with E-state index in [4.69, 9.17) is 10.5 Å². The van der Waals surface area contributed by atoms with Crippen molar-refractivity contribution in [2.24, 2.45) is 11.7 Å². The molecule has 1 unspecified atom stereocenters. The molecule has 2 aromatic rings. The number of nitrogens with zero attached hydrogens (tertiary/aromatic N) is 1. The number of hydrogen-bond acceptors (Lipinski definition) is 4. The van der Waals surface area contributed by atoms with Crippen molar-refractivity contribution >= 4 is 46.7 Å². The van der Waals surface area contributed by atoms with Crippen LogP contribution in [0, 0.1) is 5.92 Å². The van der Waals surface area contributed by atoms with Crippen molar-refractivity contribution in [3.63, 3.8) is 0 Å². The Morgan fingerprint density at radius 2 is 1.92 bits per heavy atom. The largest absolute Gasteiger partial charge is 0.439 e. The number of pyridine rings is 1. The Bertz CT molecular complexity index is 724. The lowest BCUT2D eigenvalue weighted by atomic mass is 9.95. The van der Waals surface area contributed by atoms with Crippen LogP contribution in [-0.2, 0) is 0 Å². The number of aromatic nitrogens is 1. The van der Waals surface area contributed by atoms with E-state index in [1.54, 1.807) is 12.1 Å². The first-order chi connectivity index (χ1) is 11.5. The lowest BCUT2D eigenvalue weighted by Gasteiger charge is -2.29. The van der Waals surface area contributed by atoms with Crippen LogP contribution in [0.2, 0.25) is 0 Å². The lowest BCUT2D eigenvalue weighted by Crippen LogP contribution is -2.53. The van der Waals surface area contributed by atoms with Gasteiger partial charge in [0, 0.05) is 23.3 Å². The third kappa shape index (κ3) is 5.58. The number of carbonyl (C=O) groups is 1. The first kappa shape index (κ1) is 22.7. The van der Waals surface area contributed by atoms with Crippen LogP contribution >= 0.6 is 40.7 Å². The highest BCUT2D eigenvalue weighted by Crippen LogP contribution is 2.39. The van der Waals surface area contributed by atoms with Crippen LogP contribution in [0.4, 0.5) is 0 Å². The molecule has 142 valence electrons. The zero-order valence-corrected chi connectivity index (χ0v) is 17.5. The van der Waals surface area contributed by atoms with E-state index in [2.05, 4.69) is 26.2 Å². The molecule has 5 nitrogen and oxygen atoms in total. The van der Waals surface area contributed by atoms with E-state index >= 15 is 0 Å². The molecule has 1 aliphatic carbocycles. The molecular formula is C18H22BrCl2N3O2. The Hall–Kier alpha value is -1.34. The van der Waals surface area contributed by atoms with Gasteiger partial charge in [0.25, 0.3) is 5.91 Å². The molecule has 1 fully saturated rings. The smallest absolute Gasteiger partial charge is 0.253 e. The van der Waals surface area contributed by atoms with Crippen molar-refractivity contribution in [3.05, 3.63) is 52.6 Å². The van der Waals surface area contributed by atoms with Crippen molar-refractivity contribution in [2.45, 2.75) is 25.3 Å². The molecule has 0 radical (unpaired) electrons. The normalized spacial score (nSPS) is 15.0. The molecule has 1 heterocycles. The highest BCUT2D eigenvalue weighted by atomic mass is 79.9. The van der Waals surface area contributed by atoms with Crippen molar-refractivity contribution in [1.29, 1.82) is 0 Å². The minimum Gasteiger partial charge on any atom is -0.439 e. The molecule has 0 aliphatic heterocycles. The van der Waals surface area contributed by atoms with Crippen LogP contribution in [0.15, 0.2) is 47.1 Å². The first-order valence-corrected chi connectivity index (χ1v) is 8.71. The predicted molar refractivity (Wildman–Crippen MR) is 111 cm³/mol. The summed E-state index contributed by atoms with van der Waals surface area (Å²) in [6.45, 7) is 2.43. The molecule has 26 heavy (non-hydrogen) atoms. The second-order valence-electron chi connectivity index (χ2n) is 6.29. The van der Waals surface area contributed by atoms with Gasteiger partial charge in [0.1, 0.15) is 5.75 Å². The highest BCUT2D eigenvalue weighted by Gasteiger charge is 2.41. The van der Waals surface area contributed by atoms with Crippen molar-refractivity contribution in [1.82, 2.24) is 10.3 Å². The molecule has 1 aliphatic rings. The molecule has 1 saturated carbocycles. The molecule has 3 N–H and O–H groups in total. The fourth-order valence-electron chi connectivity index (χ4n) is 2.57. The molecule has 0 bridgehead atoms. The SMILES string of the molecule is CC(CN)(NC(=O)c1ccc(Oc2ccc(Br)cc2)nc1)C1CC1.Cl.Cl. The van der Waals surface area contributed by atoms with Gasteiger partial charge in [-0.1, -0.05) is 15.9 Å². The maximum Gasteiger partial charge on any atom is 0.253 e. The van der Waals surface area contributed by atoms with Gasteiger partial charge in [0.2, 0.25) is 5.88 Å². The minimum absolute atomic E-state index is 0. The molecule has 1 atom stereocenters. The summed E-state index contributed by atoms with van der Waals surface area (Å²) in [5.41, 5.74) is 6.00. The Kier molecular flexibility index (Phi) is 8.34. The van der Waals surface area contributed by atoms with Gasteiger partial charge in [0.05, 0.1) is 11.1 Å². The van der Waals surface area contributed by atoms with Crippen molar-refractivity contribution < 1.29 is 9.53 Å². The van der Waals surface area contributed by atoms with Crippen LogP contribution in [0.25, 0.3) is 0 Å². The Labute approximate surface area is 174 Å². The summed E-state index contributed by atoms with van der Waals surface area (Å²) in [6.07, 6.45) is 3.76. The van der Waals surface area contributed by atoms with Crippen LogP contribution in [-0.4, -0.2) is 23.0 Å². The zero-order valence-electron chi connectivity index (χ0n) is 14.3. The monoisotopic (exact) mass is 461 g/mol. The molecule has 1 amide bonds. The first-order valence-electron chi connectivity index (χ1n) is 7.92. The van der Waals surface area contributed by atoms with E-state index in [9.17, 15) is 4.79 Å². The summed E-state index contributed by atoms with van der Waals surface area (Å²) in [4.78, 5) is 16.6. The molecule has 8 heteroatoms. The Morgan fingerprint density at radius 3 is 2.42 bits per heavy atom. The molecule has 0 spiro atoms. The van der Waals surface area contributed by atoms with Gasteiger partial charge in [0.15, 0.2) is 0 Å². The van der Waals surface area contributed by atoms with Crippen molar-refractivity contribution in [2.75, 3.05) is 6.54 Å². The number of halogens is 3. The fourth-order valence-corrected chi connectivity index (χ4v) is 2.83. The number of nitrogens with two attached hydrogens (primary N) is 1. The number of rotatable bonds is 6. The third-order valence-corrected chi connectivity index (χ3v) is 4.86. The van der Waals surface area contributed by atoms with Gasteiger partial charge in [-0.3, -0.25) is 4.79 Å². The molecule has 1 aromatic carbocycles. The lowest BCUT2D eigenvalue weighted by molar-refractivity contribution is 0.0897. The van der Waals surface area contributed by atoms with E-state index in [0.717, 1.165) is 17.3 Å². The Balaban J connectivity index is 0.00000169. The third-order valence-electron chi connectivity index (χ3n) is 4.34. The summed E-state index contributed by atoms with van der Waals surface area (Å²) in [5.74, 6) is 1.45. The van der Waals surface area contributed by atoms with Crippen LogP contribution in [0.3, 0.4) is 0 Å².